The van der Waals surface area contributed by atoms with Crippen LogP contribution in [0.1, 0.15) is 15.9 Å². The third-order valence-corrected chi connectivity index (χ3v) is 3.67. The Bertz CT molecular complexity index is 844. The third-order valence-electron chi connectivity index (χ3n) is 3.67. The Balaban J connectivity index is 2.49. The van der Waals surface area contributed by atoms with Crippen molar-refractivity contribution < 1.29 is 33.2 Å². The Morgan fingerprint density at radius 3 is 2.15 bits per heavy atom. The van der Waals surface area contributed by atoms with Crippen LogP contribution < -0.4 is 18.9 Å². The van der Waals surface area contributed by atoms with Gasteiger partial charge in [-0.15, -0.1) is 0 Å². The first-order valence-corrected chi connectivity index (χ1v) is 7.54. The van der Waals surface area contributed by atoms with E-state index in [-0.39, 0.29) is 17.1 Å². The Kier molecular flexibility index (Phi) is 6.06. The molecule has 1 N–H and O–H groups in total. The molecule has 0 unspecified atom stereocenters. The SMILES string of the molecule is COc1ccc(OC)c(/C=C(\F)C(=O)c2c(O)cc(OC)cc2OC)c1. The van der Waals surface area contributed by atoms with Gasteiger partial charge in [0.05, 0.1) is 28.4 Å². The van der Waals surface area contributed by atoms with Crippen molar-refractivity contribution in [3.05, 3.63) is 47.3 Å². The predicted molar refractivity (Wildman–Crippen MR) is 94.2 cm³/mol. The molecule has 0 saturated heterocycles. The van der Waals surface area contributed by atoms with Gasteiger partial charge in [-0.05, 0) is 24.3 Å². The van der Waals surface area contributed by atoms with Crippen molar-refractivity contribution in [1.29, 1.82) is 0 Å². The summed E-state index contributed by atoms with van der Waals surface area (Å²) in [5.41, 5.74) is 0.00795. The average molecular weight is 362 g/mol. The van der Waals surface area contributed by atoms with Crippen LogP contribution in [0, 0.1) is 0 Å². The summed E-state index contributed by atoms with van der Waals surface area (Å²) in [6, 6.07) is 7.35. The number of carbonyl (C=O) groups is 1. The van der Waals surface area contributed by atoms with E-state index < -0.39 is 17.4 Å². The molecule has 0 amide bonds. The summed E-state index contributed by atoms with van der Waals surface area (Å²) in [5, 5.41) is 10.1. The van der Waals surface area contributed by atoms with Crippen molar-refractivity contribution in [2.24, 2.45) is 0 Å². The number of Topliss-reactive ketones (excluding diaryl/α,β-unsaturated/α-hetero) is 1. The molecule has 0 spiro atoms. The first kappa shape index (κ1) is 19.1. The lowest BCUT2D eigenvalue weighted by atomic mass is 10.0. The fourth-order valence-electron chi connectivity index (χ4n) is 2.36. The molecule has 0 fully saturated rings. The highest BCUT2D eigenvalue weighted by Crippen LogP contribution is 2.36. The minimum atomic E-state index is -1.10. The maximum absolute atomic E-state index is 14.6. The van der Waals surface area contributed by atoms with E-state index in [0.717, 1.165) is 6.08 Å². The van der Waals surface area contributed by atoms with Gasteiger partial charge < -0.3 is 24.1 Å². The molecule has 0 aliphatic carbocycles. The van der Waals surface area contributed by atoms with Gasteiger partial charge in [-0.2, -0.15) is 0 Å². The zero-order valence-corrected chi connectivity index (χ0v) is 14.8. The normalized spacial score (nSPS) is 11.0. The molecular formula is C19H19FO6. The van der Waals surface area contributed by atoms with E-state index >= 15 is 0 Å². The molecule has 0 bridgehead atoms. The highest BCUT2D eigenvalue weighted by molar-refractivity contribution is 6.13. The van der Waals surface area contributed by atoms with Crippen LogP contribution in [0.3, 0.4) is 0 Å². The van der Waals surface area contributed by atoms with E-state index in [1.165, 1.54) is 46.6 Å². The van der Waals surface area contributed by atoms with Crippen LogP contribution in [0.2, 0.25) is 0 Å². The van der Waals surface area contributed by atoms with E-state index in [4.69, 9.17) is 18.9 Å². The van der Waals surface area contributed by atoms with Gasteiger partial charge in [0.2, 0.25) is 5.78 Å². The van der Waals surface area contributed by atoms with Crippen molar-refractivity contribution >= 4 is 11.9 Å². The van der Waals surface area contributed by atoms with Gasteiger partial charge in [0.15, 0.2) is 5.83 Å². The predicted octanol–water partition coefficient (Wildman–Crippen LogP) is 3.62. The van der Waals surface area contributed by atoms with E-state index in [2.05, 4.69) is 0 Å². The number of hydrogen-bond acceptors (Lipinski definition) is 6. The average Bonchev–Trinajstić information content (AvgIpc) is 2.66. The topological polar surface area (TPSA) is 74.2 Å². The summed E-state index contributed by atoms with van der Waals surface area (Å²) < 4.78 is 34.9. The van der Waals surface area contributed by atoms with Crippen molar-refractivity contribution in [3.8, 4) is 28.7 Å². The minimum absolute atomic E-state index is 0.00647. The Labute approximate surface area is 150 Å². The van der Waals surface area contributed by atoms with Crippen LogP contribution in [-0.4, -0.2) is 39.3 Å². The Morgan fingerprint density at radius 1 is 0.923 bits per heavy atom. The summed E-state index contributed by atoms with van der Waals surface area (Å²) in [6.45, 7) is 0. The number of ether oxygens (including phenoxy) is 4. The van der Waals surface area contributed by atoms with E-state index in [9.17, 15) is 14.3 Å². The van der Waals surface area contributed by atoms with E-state index in [1.807, 2.05) is 0 Å². The minimum Gasteiger partial charge on any atom is -0.507 e. The summed E-state index contributed by atoms with van der Waals surface area (Å²) in [7, 11) is 5.59. The number of halogens is 1. The molecule has 6 nitrogen and oxygen atoms in total. The van der Waals surface area contributed by atoms with Crippen LogP contribution in [0.25, 0.3) is 6.08 Å². The lowest BCUT2D eigenvalue weighted by Crippen LogP contribution is -2.04. The molecule has 7 heteroatoms. The first-order valence-electron chi connectivity index (χ1n) is 7.54. The molecule has 26 heavy (non-hydrogen) atoms. The molecule has 138 valence electrons. The summed E-state index contributed by atoms with van der Waals surface area (Å²) >= 11 is 0. The molecule has 0 aliphatic rings. The fourth-order valence-corrected chi connectivity index (χ4v) is 2.36. The molecule has 0 aliphatic heterocycles. The summed E-state index contributed by atoms with van der Waals surface area (Å²) in [5.74, 6) is -1.49. The van der Waals surface area contributed by atoms with Gasteiger partial charge in [-0.25, -0.2) is 4.39 Å². The van der Waals surface area contributed by atoms with Crippen LogP contribution in [0.5, 0.6) is 28.7 Å². The fraction of sp³-hybridized carbons (Fsp3) is 0.211. The summed E-state index contributed by atoms with van der Waals surface area (Å²) in [6.07, 6.45) is 1.01. The number of ketones is 1. The number of aromatic hydroxyl groups is 1. The molecule has 0 radical (unpaired) electrons. The molecule has 2 aromatic carbocycles. The lowest BCUT2D eigenvalue weighted by molar-refractivity contribution is 0.100. The highest BCUT2D eigenvalue weighted by atomic mass is 19.1. The number of phenolic OH excluding ortho intramolecular Hbond substituents is 1. The zero-order valence-electron chi connectivity index (χ0n) is 14.8. The van der Waals surface area contributed by atoms with Gasteiger partial charge in [0.1, 0.15) is 34.3 Å². The maximum atomic E-state index is 14.6. The van der Waals surface area contributed by atoms with Crippen molar-refractivity contribution in [3.63, 3.8) is 0 Å². The number of benzene rings is 2. The highest BCUT2D eigenvalue weighted by Gasteiger charge is 2.23. The Morgan fingerprint density at radius 2 is 1.58 bits per heavy atom. The second kappa shape index (κ2) is 8.24. The van der Waals surface area contributed by atoms with Crippen molar-refractivity contribution in [2.45, 2.75) is 0 Å². The van der Waals surface area contributed by atoms with Gasteiger partial charge in [-0.1, -0.05) is 0 Å². The Hall–Kier alpha value is -3.22. The van der Waals surface area contributed by atoms with E-state index in [0.29, 0.717) is 17.1 Å². The molecule has 0 saturated carbocycles. The number of carbonyl (C=O) groups excluding carboxylic acids is 1. The standard InChI is InChI=1S/C19H19FO6/c1-23-12-5-6-16(25-3)11(7-12)8-14(20)19(22)18-15(21)9-13(24-2)10-17(18)26-4/h5-10,21H,1-4H3/b14-8-. The number of hydrogen-bond donors (Lipinski definition) is 1. The van der Waals surface area contributed by atoms with Crippen molar-refractivity contribution in [1.82, 2.24) is 0 Å². The quantitative estimate of drug-likeness (QED) is 0.599. The molecule has 0 atom stereocenters. The van der Waals surface area contributed by atoms with Gasteiger partial charge >= 0.3 is 0 Å². The lowest BCUT2D eigenvalue weighted by Gasteiger charge is -2.11. The molecule has 0 aromatic heterocycles. The van der Waals surface area contributed by atoms with Gasteiger partial charge in [-0.3, -0.25) is 4.79 Å². The molecular weight excluding hydrogens is 343 g/mol. The van der Waals surface area contributed by atoms with Crippen LogP contribution in [0.15, 0.2) is 36.2 Å². The number of rotatable bonds is 7. The number of phenols is 1. The van der Waals surface area contributed by atoms with Gasteiger partial charge in [0.25, 0.3) is 0 Å². The van der Waals surface area contributed by atoms with Crippen molar-refractivity contribution in [2.75, 3.05) is 28.4 Å². The number of allylic oxidation sites excluding steroid dienone is 1. The van der Waals surface area contributed by atoms with E-state index in [1.54, 1.807) is 12.1 Å². The second-order valence-electron chi connectivity index (χ2n) is 5.15. The third kappa shape index (κ3) is 3.88. The second-order valence-corrected chi connectivity index (χ2v) is 5.15. The molecule has 2 rings (SSSR count). The zero-order chi connectivity index (χ0) is 19.3. The largest absolute Gasteiger partial charge is 0.507 e. The van der Waals surface area contributed by atoms with Crippen LogP contribution in [0.4, 0.5) is 4.39 Å². The monoisotopic (exact) mass is 362 g/mol. The smallest absolute Gasteiger partial charge is 0.228 e. The maximum Gasteiger partial charge on any atom is 0.228 e. The number of methoxy groups -OCH3 is 4. The first-order chi connectivity index (χ1) is 12.4. The summed E-state index contributed by atoms with van der Waals surface area (Å²) in [4.78, 5) is 12.5. The molecule has 0 heterocycles. The van der Waals surface area contributed by atoms with Gasteiger partial charge in [0, 0.05) is 17.7 Å². The van der Waals surface area contributed by atoms with Crippen LogP contribution >= 0.6 is 0 Å². The molecule has 2 aromatic rings. The van der Waals surface area contributed by atoms with Crippen LogP contribution in [-0.2, 0) is 0 Å².